The lowest BCUT2D eigenvalue weighted by molar-refractivity contribution is -0.142. The molecular formula is C14H20O2. The predicted octanol–water partition coefficient (Wildman–Crippen LogP) is 3.19. The van der Waals surface area contributed by atoms with E-state index in [0.717, 1.165) is 18.4 Å². The van der Waals surface area contributed by atoms with Gasteiger partial charge in [-0.05, 0) is 37.0 Å². The fourth-order valence-corrected chi connectivity index (χ4v) is 1.46. The average Bonchev–Trinajstić information content (AvgIpc) is 2.24. The van der Waals surface area contributed by atoms with Crippen molar-refractivity contribution in [1.29, 1.82) is 0 Å². The molecule has 88 valence electrons. The highest BCUT2D eigenvalue weighted by Crippen LogP contribution is 2.10. The first kappa shape index (κ1) is 12.8. The van der Waals surface area contributed by atoms with Gasteiger partial charge in [0, 0.05) is 0 Å². The van der Waals surface area contributed by atoms with Crippen LogP contribution in [0.1, 0.15) is 36.5 Å². The molecule has 0 unspecified atom stereocenters. The molecule has 0 aliphatic carbocycles. The van der Waals surface area contributed by atoms with Crippen LogP contribution in [-0.4, -0.2) is 12.6 Å². The maximum atomic E-state index is 11.5. The molecule has 0 fully saturated rings. The summed E-state index contributed by atoms with van der Waals surface area (Å²) in [5, 5.41) is 0. The van der Waals surface area contributed by atoms with Crippen molar-refractivity contribution >= 4 is 5.97 Å². The van der Waals surface area contributed by atoms with E-state index in [1.54, 1.807) is 0 Å². The van der Waals surface area contributed by atoms with E-state index in [9.17, 15) is 4.79 Å². The van der Waals surface area contributed by atoms with Gasteiger partial charge in [0.1, 0.15) is 0 Å². The van der Waals surface area contributed by atoms with Crippen LogP contribution in [0.15, 0.2) is 18.2 Å². The molecule has 0 aromatic heterocycles. The molecule has 0 bridgehead atoms. The van der Waals surface area contributed by atoms with Crippen molar-refractivity contribution < 1.29 is 9.53 Å². The molecule has 0 aliphatic rings. The number of carbonyl (C=O) groups is 1. The van der Waals surface area contributed by atoms with Crippen molar-refractivity contribution in [1.82, 2.24) is 0 Å². The predicted molar refractivity (Wildman–Crippen MR) is 65.5 cm³/mol. The van der Waals surface area contributed by atoms with Crippen LogP contribution in [0.5, 0.6) is 0 Å². The van der Waals surface area contributed by atoms with Gasteiger partial charge in [0.15, 0.2) is 0 Å². The highest BCUT2D eigenvalue weighted by atomic mass is 16.5. The highest BCUT2D eigenvalue weighted by molar-refractivity contribution is 5.72. The Morgan fingerprint density at radius 3 is 2.62 bits per heavy atom. The summed E-state index contributed by atoms with van der Waals surface area (Å²) in [6.45, 7) is 6.75. The second-order valence-electron chi connectivity index (χ2n) is 4.17. The van der Waals surface area contributed by atoms with Crippen molar-refractivity contribution in [2.24, 2.45) is 0 Å². The molecule has 0 N–H and O–H groups in total. The molecule has 0 atom stereocenters. The first-order valence-corrected chi connectivity index (χ1v) is 5.85. The number of ether oxygens (including phenoxy) is 1. The molecule has 0 heterocycles. The van der Waals surface area contributed by atoms with Crippen LogP contribution in [0.3, 0.4) is 0 Å². The third-order valence-electron chi connectivity index (χ3n) is 2.68. The van der Waals surface area contributed by atoms with E-state index in [0.29, 0.717) is 13.0 Å². The molecule has 0 aliphatic heterocycles. The van der Waals surface area contributed by atoms with Gasteiger partial charge < -0.3 is 4.74 Å². The first-order chi connectivity index (χ1) is 7.63. The van der Waals surface area contributed by atoms with Crippen LogP contribution in [-0.2, 0) is 16.0 Å². The Morgan fingerprint density at radius 2 is 2.00 bits per heavy atom. The zero-order valence-corrected chi connectivity index (χ0v) is 10.4. The van der Waals surface area contributed by atoms with Gasteiger partial charge in [-0.2, -0.15) is 0 Å². The van der Waals surface area contributed by atoms with Gasteiger partial charge in [-0.25, -0.2) is 0 Å². The molecule has 1 aromatic carbocycles. The number of hydrogen-bond acceptors (Lipinski definition) is 2. The fraction of sp³-hybridized carbons (Fsp3) is 0.500. The van der Waals surface area contributed by atoms with E-state index in [4.69, 9.17) is 4.74 Å². The van der Waals surface area contributed by atoms with Crippen molar-refractivity contribution in [2.45, 2.75) is 40.0 Å². The standard InChI is InChI=1S/C14H20O2/c1-4-5-8-16-14(15)10-13-7-6-11(2)12(3)9-13/h6-7,9H,4-5,8,10H2,1-3H3. The third-order valence-corrected chi connectivity index (χ3v) is 2.68. The van der Waals surface area contributed by atoms with E-state index < -0.39 is 0 Å². The summed E-state index contributed by atoms with van der Waals surface area (Å²) in [5.41, 5.74) is 3.51. The zero-order chi connectivity index (χ0) is 12.0. The SMILES string of the molecule is CCCCOC(=O)Cc1ccc(C)c(C)c1. The van der Waals surface area contributed by atoms with Crippen molar-refractivity contribution in [3.63, 3.8) is 0 Å². The summed E-state index contributed by atoms with van der Waals surface area (Å²) in [6, 6.07) is 6.09. The first-order valence-electron chi connectivity index (χ1n) is 5.85. The van der Waals surface area contributed by atoms with Gasteiger partial charge in [-0.3, -0.25) is 4.79 Å². The summed E-state index contributed by atoms with van der Waals surface area (Å²) in [6.07, 6.45) is 2.38. The van der Waals surface area contributed by atoms with Crippen LogP contribution in [0, 0.1) is 13.8 Å². The Hall–Kier alpha value is -1.31. The topological polar surface area (TPSA) is 26.3 Å². The molecule has 0 saturated heterocycles. The lowest BCUT2D eigenvalue weighted by Crippen LogP contribution is -2.09. The molecule has 0 radical (unpaired) electrons. The molecule has 0 spiro atoms. The molecule has 1 aromatic rings. The van der Waals surface area contributed by atoms with Crippen LogP contribution in [0.4, 0.5) is 0 Å². The van der Waals surface area contributed by atoms with E-state index >= 15 is 0 Å². The molecule has 1 rings (SSSR count). The smallest absolute Gasteiger partial charge is 0.310 e. The number of benzene rings is 1. The largest absolute Gasteiger partial charge is 0.465 e. The van der Waals surface area contributed by atoms with Crippen LogP contribution in [0.25, 0.3) is 0 Å². The van der Waals surface area contributed by atoms with Gasteiger partial charge in [0.2, 0.25) is 0 Å². The summed E-state index contributed by atoms with van der Waals surface area (Å²) in [7, 11) is 0. The van der Waals surface area contributed by atoms with Crippen LogP contribution >= 0.6 is 0 Å². The monoisotopic (exact) mass is 220 g/mol. The van der Waals surface area contributed by atoms with Crippen molar-refractivity contribution in [3.8, 4) is 0 Å². The summed E-state index contributed by atoms with van der Waals surface area (Å²) >= 11 is 0. The lowest BCUT2D eigenvalue weighted by Gasteiger charge is -2.06. The van der Waals surface area contributed by atoms with E-state index in [1.165, 1.54) is 11.1 Å². The summed E-state index contributed by atoms with van der Waals surface area (Å²) in [5.74, 6) is -0.128. The minimum Gasteiger partial charge on any atom is -0.465 e. The fourth-order valence-electron chi connectivity index (χ4n) is 1.46. The Balaban J connectivity index is 2.46. The van der Waals surface area contributed by atoms with Crippen molar-refractivity contribution in [2.75, 3.05) is 6.61 Å². The summed E-state index contributed by atoms with van der Waals surface area (Å²) in [4.78, 5) is 11.5. The number of rotatable bonds is 5. The van der Waals surface area contributed by atoms with Gasteiger partial charge in [0.05, 0.1) is 13.0 Å². The lowest BCUT2D eigenvalue weighted by atomic mass is 10.0. The third kappa shape index (κ3) is 4.05. The van der Waals surface area contributed by atoms with Gasteiger partial charge >= 0.3 is 5.97 Å². The number of unbranched alkanes of at least 4 members (excludes halogenated alkanes) is 1. The normalized spacial score (nSPS) is 10.2. The minimum absolute atomic E-state index is 0.128. The molecule has 2 nitrogen and oxygen atoms in total. The van der Waals surface area contributed by atoms with Gasteiger partial charge in [-0.15, -0.1) is 0 Å². The number of hydrogen-bond donors (Lipinski definition) is 0. The maximum absolute atomic E-state index is 11.5. The van der Waals surface area contributed by atoms with E-state index in [1.807, 2.05) is 12.1 Å². The Labute approximate surface area is 97.6 Å². The molecular weight excluding hydrogens is 200 g/mol. The quantitative estimate of drug-likeness (QED) is 0.562. The number of aryl methyl sites for hydroxylation is 2. The Morgan fingerprint density at radius 1 is 1.25 bits per heavy atom. The Kier molecular flexibility index (Phi) is 5.03. The molecule has 16 heavy (non-hydrogen) atoms. The molecule has 0 saturated carbocycles. The Bertz CT molecular complexity index is 356. The second kappa shape index (κ2) is 6.31. The number of esters is 1. The number of carbonyl (C=O) groups excluding carboxylic acids is 1. The average molecular weight is 220 g/mol. The van der Waals surface area contributed by atoms with E-state index in [-0.39, 0.29) is 5.97 Å². The van der Waals surface area contributed by atoms with Crippen LogP contribution in [0.2, 0.25) is 0 Å². The van der Waals surface area contributed by atoms with Gasteiger partial charge in [-0.1, -0.05) is 31.5 Å². The van der Waals surface area contributed by atoms with Crippen LogP contribution < -0.4 is 0 Å². The molecule has 2 heteroatoms. The minimum atomic E-state index is -0.128. The van der Waals surface area contributed by atoms with Crippen molar-refractivity contribution in [3.05, 3.63) is 34.9 Å². The zero-order valence-electron chi connectivity index (χ0n) is 10.4. The summed E-state index contributed by atoms with van der Waals surface area (Å²) < 4.78 is 5.12. The maximum Gasteiger partial charge on any atom is 0.310 e. The van der Waals surface area contributed by atoms with E-state index in [2.05, 4.69) is 26.8 Å². The second-order valence-corrected chi connectivity index (χ2v) is 4.17. The highest BCUT2D eigenvalue weighted by Gasteiger charge is 2.05. The molecule has 0 amide bonds. The van der Waals surface area contributed by atoms with Gasteiger partial charge in [0.25, 0.3) is 0 Å².